The Labute approximate surface area is 152 Å². The molecule has 1 saturated carbocycles. The summed E-state index contributed by atoms with van der Waals surface area (Å²) in [5.74, 6) is 0.217. The van der Waals surface area contributed by atoms with Crippen LogP contribution in [0.5, 0.6) is 0 Å². The number of aliphatic hydroxyl groups is 1. The number of carbonyl (C=O) groups excluding carboxylic acids is 1. The van der Waals surface area contributed by atoms with Gasteiger partial charge in [0.05, 0.1) is 24.8 Å². The number of nitrogens with zero attached hydrogens (tertiary/aromatic N) is 1. The van der Waals surface area contributed by atoms with E-state index < -0.39 is 5.60 Å². The second-order valence-electron chi connectivity index (χ2n) is 8.32. The summed E-state index contributed by atoms with van der Waals surface area (Å²) in [6.45, 7) is 7.83. The van der Waals surface area contributed by atoms with Gasteiger partial charge >= 0.3 is 6.09 Å². The summed E-state index contributed by atoms with van der Waals surface area (Å²) in [5, 5.41) is 10.2. The molecule has 1 N–H and O–H groups in total. The fourth-order valence-corrected chi connectivity index (χ4v) is 3.72. The van der Waals surface area contributed by atoms with Gasteiger partial charge in [-0.15, -0.1) is 0 Å². The summed E-state index contributed by atoms with van der Waals surface area (Å²) in [7, 11) is 0. The van der Waals surface area contributed by atoms with Crippen LogP contribution in [0.3, 0.4) is 0 Å². The summed E-state index contributed by atoms with van der Waals surface area (Å²) in [6.07, 6.45) is 10.7. The molecule has 1 unspecified atom stereocenters. The summed E-state index contributed by atoms with van der Waals surface area (Å²) in [6, 6.07) is -0.349. The molecule has 1 saturated heterocycles. The van der Waals surface area contributed by atoms with Gasteiger partial charge < -0.3 is 14.6 Å². The van der Waals surface area contributed by atoms with E-state index in [0.29, 0.717) is 13.0 Å². The molecule has 5 nitrogen and oxygen atoms in total. The molecule has 0 bridgehead atoms. The van der Waals surface area contributed by atoms with Gasteiger partial charge in [-0.05, 0) is 46.6 Å². The van der Waals surface area contributed by atoms with E-state index in [2.05, 4.69) is 0 Å². The zero-order valence-corrected chi connectivity index (χ0v) is 16.3. The van der Waals surface area contributed by atoms with Crippen molar-refractivity contribution in [1.29, 1.82) is 0 Å². The highest BCUT2D eigenvalue weighted by Crippen LogP contribution is 2.30. The van der Waals surface area contributed by atoms with Crippen molar-refractivity contribution < 1.29 is 19.4 Å². The molecule has 1 heterocycles. The Bertz CT molecular complexity index is 461. The Balaban J connectivity index is 2.00. The van der Waals surface area contributed by atoms with Crippen LogP contribution in [0.2, 0.25) is 0 Å². The topological polar surface area (TPSA) is 59.0 Å². The predicted octanol–water partition coefficient (Wildman–Crippen LogP) is 4.96. The third-order valence-corrected chi connectivity index (χ3v) is 4.96. The van der Waals surface area contributed by atoms with Gasteiger partial charge in [0.25, 0.3) is 0 Å². The first-order valence-electron chi connectivity index (χ1n) is 9.80. The van der Waals surface area contributed by atoms with Crippen molar-refractivity contribution in [3.05, 3.63) is 11.8 Å². The largest absolute Gasteiger partial charge is 0.510 e. The van der Waals surface area contributed by atoms with E-state index in [4.69, 9.17) is 9.47 Å². The number of allylic oxidation sites excluding steroid dienone is 1. The minimum atomic E-state index is -0.550. The first kappa shape index (κ1) is 20.1. The number of likely N-dealkylation sites (tertiary alicyclic amines) is 1. The summed E-state index contributed by atoms with van der Waals surface area (Å²) in [5.41, 5.74) is -0.550. The highest BCUT2D eigenvalue weighted by molar-refractivity contribution is 5.69. The van der Waals surface area contributed by atoms with Crippen LogP contribution in [0, 0.1) is 0 Å². The normalized spacial score (nSPS) is 27.0. The van der Waals surface area contributed by atoms with E-state index in [-0.39, 0.29) is 30.1 Å². The van der Waals surface area contributed by atoms with Gasteiger partial charge in [-0.25, -0.2) is 4.79 Å². The molecule has 2 fully saturated rings. The second-order valence-corrected chi connectivity index (χ2v) is 8.32. The Morgan fingerprint density at radius 2 is 1.68 bits per heavy atom. The summed E-state index contributed by atoms with van der Waals surface area (Å²) < 4.78 is 11.8. The fraction of sp³-hybridized carbons (Fsp3) is 0.850. The first-order chi connectivity index (χ1) is 11.8. The van der Waals surface area contributed by atoms with E-state index in [9.17, 15) is 9.90 Å². The van der Waals surface area contributed by atoms with Crippen LogP contribution >= 0.6 is 0 Å². The Morgan fingerprint density at radius 1 is 1.08 bits per heavy atom. The quantitative estimate of drug-likeness (QED) is 0.729. The van der Waals surface area contributed by atoms with Crippen molar-refractivity contribution in [1.82, 2.24) is 4.90 Å². The van der Waals surface area contributed by atoms with Gasteiger partial charge in [0.15, 0.2) is 0 Å². The lowest BCUT2D eigenvalue weighted by Gasteiger charge is -2.28. The number of hydrogen-bond acceptors (Lipinski definition) is 4. The summed E-state index contributed by atoms with van der Waals surface area (Å²) in [4.78, 5) is 14.2. The number of carbonyl (C=O) groups is 1. The summed E-state index contributed by atoms with van der Waals surface area (Å²) >= 11 is 0. The third-order valence-electron chi connectivity index (χ3n) is 4.96. The van der Waals surface area contributed by atoms with Gasteiger partial charge in [-0.3, -0.25) is 4.90 Å². The molecule has 144 valence electrons. The lowest BCUT2D eigenvalue weighted by molar-refractivity contribution is -0.0217. The van der Waals surface area contributed by atoms with Gasteiger partial charge in [0.1, 0.15) is 11.4 Å². The maximum absolute atomic E-state index is 12.5. The molecule has 1 aliphatic heterocycles. The van der Waals surface area contributed by atoms with Crippen LogP contribution in [0.25, 0.3) is 0 Å². The van der Waals surface area contributed by atoms with Gasteiger partial charge in [-0.1, -0.05) is 32.1 Å². The van der Waals surface area contributed by atoms with Crippen LogP contribution in [0.1, 0.15) is 79.1 Å². The Morgan fingerprint density at radius 3 is 2.24 bits per heavy atom. The number of ether oxygens (including phenoxy) is 2. The third kappa shape index (κ3) is 6.21. The predicted molar refractivity (Wildman–Crippen MR) is 98.7 cm³/mol. The molecular formula is C20H35NO4. The zero-order chi connectivity index (χ0) is 18.4. The van der Waals surface area contributed by atoms with Crippen LogP contribution in [-0.2, 0) is 9.47 Å². The molecule has 0 radical (unpaired) electrons. The SMILES string of the molecule is CC=C(O)C1C[C@@H](OC2CCCCCCC2)CN1C(=O)OC(C)(C)C. The van der Waals surface area contributed by atoms with E-state index in [0.717, 1.165) is 12.8 Å². The van der Waals surface area contributed by atoms with Crippen molar-refractivity contribution in [2.24, 2.45) is 0 Å². The molecule has 0 aromatic rings. The minimum Gasteiger partial charge on any atom is -0.510 e. The van der Waals surface area contributed by atoms with Gasteiger partial charge in [0.2, 0.25) is 0 Å². The van der Waals surface area contributed by atoms with Crippen LogP contribution in [0.4, 0.5) is 4.79 Å². The van der Waals surface area contributed by atoms with E-state index >= 15 is 0 Å². The molecular weight excluding hydrogens is 318 g/mol. The van der Waals surface area contributed by atoms with E-state index in [1.165, 1.54) is 32.1 Å². The standard InChI is InChI=1S/C20H35NO4/c1-5-18(22)17-13-16(14-21(17)19(23)25-20(2,3)4)24-15-11-9-7-6-8-10-12-15/h5,15-17,22H,6-14H2,1-4H3/t16-,17?/m1/s1. The molecule has 25 heavy (non-hydrogen) atoms. The molecule has 0 aromatic carbocycles. The highest BCUT2D eigenvalue weighted by Gasteiger charge is 2.40. The Kier molecular flexibility index (Phi) is 7.17. The van der Waals surface area contributed by atoms with Crippen LogP contribution in [0.15, 0.2) is 11.8 Å². The molecule has 1 aliphatic carbocycles. The molecule has 0 aromatic heterocycles. The van der Waals surface area contributed by atoms with Crippen LogP contribution in [-0.4, -0.2) is 46.5 Å². The maximum Gasteiger partial charge on any atom is 0.411 e. The molecule has 2 rings (SSSR count). The second kappa shape index (κ2) is 8.93. The molecule has 2 aliphatic rings. The average Bonchev–Trinajstić information content (AvgIpc) is 2.91. The molecule has 5 heteroatoms. The average molecular weight is 354 g/mol. The first-order valence-corrected chi connectivity index (χ1v) is 9.80. The Hall–Kier alpha value is -1.23. The van der Waals surface area contributed by atoms with Crippen molar-refractivity contribution >= 4 is 6.09 Å². The number of aliphatic hydroxyl groups excluding tert-OH is 1. The van der Waals surface area contributed by atoms with E-state index in [1.807, 2.05) is 20.8 Å². The lowest BCUT2D eigenvalue weighted by Crippen LogP contribution is -2.41. The molecule has 0 spiro atoms. The number of amides is 1. The number of hydrogen-bond donors (Lipinski definition) is 1. The van der Waals surface area contributed by atoms with Crippen molar-refractivity contribution in [2.45, 2.75) is 103 Å². The smallest absolute Gasteiger partial charge is 0.411 e. The van der Waals surface area contributed by atoms with Crippen molar-refractivity contribution in [3.63, 3.8) is 0 Å². The fourth-order valence-electron chi connectivity index (χ4n) is 3.72. The zero-order valence-electron chi connectivity index (χ0n) is 16.3. The van der Waals surface area contributed by atoms with Crippen molar-refractivity contribution in [3.8, 4) is 0 Å². The minimum absolute atomic E-state index is 0.0379. The van der Waals surface area contributed by atoms with Crippen LogP contribution < -0.4 is 0 Å². The lowest BCUT2D eigenvalue weighted by atomic mass is 9.98. The molecule has 2 atom stereocenters. The monoisotopic (exact) mass is 353 g/mol. The number of rotatable bonds is 3. The molecule has 1 amide bonds. The van der Waals surface area contributed by atoms with E-state index in [1.54, 1.807) is 17.9 Å². The highest BCUT2D eigenvalue weighted by atomic mass is 16.6. The van der Waals surface area contributed by atoms with Crippen molar-refractivity contribution in [2.75, 3.05) is 6.54 Å². The maximum atomic E-state index is 12.5. The van der Waals surface area contributed by atoms with Gasteiger partial charge in [0, 0.05) is 6.42 Å². The van der Waals surface area contributed by atoms with Gasteiger partial charge in [-0.2, -0.15) is 0 Å².